The minimum absolute atomic E-state index is 0.167. The molecule has 5 nitrogen and oxygen atoms in total. The number of urea groups is 1. The van der Waals surface area contributed by atoms with Gasteiger partial charge in [-0.1, -0.05) is 0 Å². The van der Waals surface area contributed by atoms with Crippen LogP contribution in [0.2, 0.25) is 0 Å². The van der Waals surface area contributed by atoms with Gasteiger partial charge in [0.1, 0.15) is 0 Å². The van der Waals surface area contributed by atoms with Gasteiger partial charge in [-0.25, -0.2) is 4.79 Å². The molecule has 0 fully saturated rings. The van der Waals surface area contributed by atoms with Gasteiger partial charge < -0.3 is 20.5 Å². The summed E-state index contributed by atoms with van der Waals surface area (Å²) in [6, 6.07) is -0.491. The highest BCUT2D eigenvalue weighted by Gasteiger charge is 2.06. The summed E-state index contributed by atoms with van der Waals surface area (Å²) in [5.41, 5.74) is 4.91. The number of hydrogen-bond acceptors (Lipinski definition) is 3. The third-order valence-corrected chi connectivity index (χ3v) is 1.62. The first kappa shape index (κ1) is 13.2. The highest BCUT2D eigenvalue weighted by atomic mass is 16.7. The van der Waals surface area contributed by atoms with Crippen molar-refractivity contribution in [2.24, 2.45) is 5.73 Å². The summed E-state index contributed by atoms with van der Waals surface area (Å²) in [5, 5.41) is 2.51. The van der Waals surface area contributed by atoms with E-state index in [1.807, 2.05) is 13.8 Å². The number of rotatable bonds is 8. The van der Waals surface area contributed by atoms with Crippen molar-refractivity contribution >= 4 is 6.03 Å². The average Bonchev–Trinajstić information content (AvgIpc) is 2.12. The smallest absolute Gasteiger partial charge is 0.312 e. The first-order chi connectivity index (χ1) is 6.70. The lowest BCUT2D eigenvalue weighted by molar-refractivity contribution is -0.139. The molecule has 0 aromatic heterocycles. The number of nitrogens with one attached hydrogen (secondary N) is 1. The van der Waals surface area contributed by atoms with Gasteiger partial charge in [0.25, 0.3) is 0 Å². The van der Waals surface area contributed by atoms with E-state index in [-0.39, 0.29) is 6.29 Å². The third-order valence-electron chi connectivity index (χ3n) is 1.62. The van der Waals surface area contributed by atoms with Gasteiger partial charge in [-0.3, -0.25) is 0 Å². The van der Waals surface area contributed by atoms with Crippen molar-refractivity contribution < 1.29 is 14.3 Å². The van der Waals surface area contributed by atoms with Gasteiger partial charge in [-0.05, 0) is 20.3 Å². The summed E-state index contributed by atoms with van der Waals surface area (Å²) in [7, 11) is 0. The molecule has 0 saturated heterocycles. The van der Waals surface area contributed by atoms with Crippen LogP contribution in [0.4, 0.5) is 4.79 Å². The van der Waals surface area contributed by atoms with E-state index in [0.717, 1.165) is 12.8 Å². The van der Waals surface area contributed by atoms with Crippen molar-refractivity contribution in [3.05, 3.63) is 0 Å². The summed E-state index contributed by atoms with van der Waals surface area (Å²) in [5.74, 6) is 0. The second-order valence-corrected chi connectivity index (χ2v) is 2.77. The van der Waals surface area contributed by atoms with Crippen molar-refractivity contribution in [1.29, 1.82) is 0 Å². The number of ether oxygens (including phenoxy) is 2. The van der Waals surface area contributed by atoms with Gasteiger partial charge in [0.2, 0.25) is 0 Å². The number of hydrogen-bond donors (Lipinski definition) is 2. The molecule has 0 spiro atoms. The van der Waals surface area contributed by atoms with Crippen molar-refractivity contribution in [3.63, 3.8) is 0 Å². The van der Waals surface area contributed by atoms with E-state index >= 15 is 0 Å². The Morgan fingerprint density at radius 1 is 1.36 bits per heavy atom. The highest BCUT2D eigenvalue weighted by molar-refractivity contribution is 5.71. The van der Waals surface area contributed by atoms with Gasteiger partial charge in [0, 0.05) is 26.2 Å². The van der Waals surface area contributed by atoms with E-state index in [0.29, 0.717) is 19.8 Å². The van der Waals surface area contributed by atoms with Gasteiger partial charge in [0.05, 0.1) is 0 Å². The molecule has 2 amide bonds. The maximum atomic E-state index is 10.3. The highest BCUT2D eigenvalue weighted by Crippen LogP contribution is 2.03. The van der Waals surface area contributed by atoms with E-state index in [1.54, 1.807) is 0 Å². The molecule has 0 aliphatic heterocycles. The normalized spacial score (nSPS) is 10.5. The van der Waals surface area contributed by atoms with Crippen molar-refractivity contribution in [3.8, 4) is 0 Å². The number of primary amides is 1. The second kappa shape index (κ2) is 8.77. The summed E-state index contributed by atoms with van der Waals surface area (Å²) in [6.45, 7) is 5.68. The van der Waals surface area contributed by atoms with Crippen LogP contribution < -0.4 is 11.1 Å². The van der Waals surface area contributed by atoms with Crippen molar-refractivity contribution in [2.75, 3.05) is 19.8 Å². The van der Waals surface area contributed by atoms with Crippen LogP contribution in [0.1, 0.15) is 26.7 Å². The first-order valence-electron chi connectivity index (χ1n) is 4.97. The lowest BCUT2D eigenvalue weighted by atomic mass is 10.3. The zero-order chi connectivity index (χ0) is 10.8. The molecule has 3 N–H and O–H groups in total. The molecule has 0 rings (SSSR count). The molecule has 0 saturated carbocycles. The van der Waals surface area contributed by atoms with Crippen molar-refractivity contribution in [2.45, 2.75) is 33.0 Å². The van der Waals surface area contributed by atoms with E-state index in [9.17, 15) is 4.79 Å². The molecule has 0 aliphatic carbocycles. The predicted molar refractivity (Wildman–Crippen MR) is 53.9 cm³/mol. The Balaban J connectivity index is 3.44. The monoisotopic (exact) mass is 204 g/mol. The van der Waals surface area contributed by atoms with Gasteiger partial charge in [-0.2, -0.15) is 0 Å². The molecule has 0 heterocycles. The van der Waals surface area contributed by atoms with Crippen LogP contribution in [-0.4, -0.2) is 32.1 Å². The van der Waals surface area contributed by atoms with Gasteiger partial charge in [0.15, 0.2) is 6.29 Å². The minimum atomic E-state index is -0.491. The molecule has 0 atom stereocenters. The Labute approximate surface area is 84.9 Å². The lowest BCUT2D eigenvalue weighted by Crippen LogP contribution is -2.30. The molecule has 0 aliphatic rings. The lowest BCUT2D eigenvalue weighted by Gasteiger charge is -2.16. The van der Waals surface area contributed by atoms with E-state index in [1.165, 1.54) is 0 Å². The molecular weight excluding hydrogens is 184 g/mol. The number of nitrogens with two attached hydrogens (primary N) is 1. The van der Waals surface area contributed by atoms with Crippen LogP contribution in [0.15, 0.2) is 0 Å². The summed E-state index contributed by atoms with van der Waals surface area (Å²) >= 11 is 0. The van der Waals surface area contributed by atoms with Gasteiger partial charge >= 0.3 is 6.03 Å². The quantitative estimate of drug-likeness (QED) is 0.454. The Hall–Kier alpha value is -0.810. The van der Waals surface area contributed by atoms with Crippen LogP contribution in [0, 0.1) is 0 Å². The summed E-state index contributed by atoms with van der Waals surface area (Å²) < 4.78 is 10.6. The van der Waals surface area contributed by atoms with E-state index in [4.69, 9.17) is 15.2 Å². The topological polar surface area (TPSA) is 73.6 Å². The molecule has 5 heteroatoms. The SMILES string of the molecule is CCOC(CCCNC(N)=O)OCC. The molecule has 0 bridgehead atoms. The second-order valence-electron chi connectivity index (χ2n) is 2.77. The van der Waals surface area contributed by atoms with Crippen LogP contribution in [0.5, 0.6) is 0 Å². The number of amides is 2. The molecular formula is C9H20N2O3. The molecule has 0 aromatic carbocycles. The standard InChI is InChI=1S/C9H20N2O3/c1-3-13-8(14-4-2)6-5-7-11-9(10)12/h8H,3-7H2,1-2H3,(H3,10,11,12). The Morgan fingerprint density at radius 2 is 1.93 bits per heavy atom. The molecule has 0 aromatic rings. The summed E-state index contributed by atoms with van der Waals surface area (Å²) in [6.07, 6.45) is 1.40. The van der Waals surface area contributed by atoms with Crippen LogP contribution in [-0.2, 0) is 9.47 Å². The third kappa shape index (κ3) is 7.82. The fourth-order valence-electron chi connectivity index (χ4n) is 1.07. The van der Waals surface area contributed by atoms with Gasteiger partial charge in [-0.15, -0.1) is 0 Å². The Morgan fingerprint density at radius 3 is 2.36 bits per heavy atom. The summed E-state index contributed by atoms with van der Waals surface area (Å²) in [4.78, 5) is 10.3. The van der Waals surface area contributed by atoms with Crippen molar-refractivity contribution in [1.82, 2.24) is 5.32 Å². The molecule has 84 valence electrons. The first-order valence-corrected chi connectivity index (χ1v) is 4.97. The number of carbonyl (C=O) groups is 1. The largest absolute Gasteiger partial charge is 0.353 e. The maximum absolute atomic E-state index is 10.3. The van der Waals surface area contributed by atoms with Crippen LogP contribution in [0.25, 0.3) is 0 Å². The maximum Gasteiger partial charge on any atom is 0.312 e. The molecule has 0 unspecified atom stereocenters. The minimum Gasteiger partial charge on any atom is -0.353 e. The average molecular weight is 204 g/mol. The Bertz CT molecular complexity index is 147. The molecule has 0 radical (unpaired) electrons. The number of carbonyl (C=O) groups excluding carboxylic acids is 1. The Kier molecular flexibility index (Phi) is 8.27. The zero-order valence-corrected chi connectivity index (χ0v) is 8.91. The fraction of sp³-hybridized carbons (Fsp3) is 0.889. The molecule has 14 heavy (non-hydrogen) atoms. The predicted octanol–water partition coefficient (Wildman–Crippen LogP) is 0.834. The fourth-order valence-corrected chi connectivity index (χ4v) is 1.07. The van der Waals surface area contributed by atoms with E-state index in [2.05, 4.69) is 5.32 Å². The zero-order valence-electron chi connectivity index (χ0n) is 8.91. The van der Waals surface area contributed by atoms with Crippen LogP contribution >= 0.6 is 0 Å². The van der Waals surface area contributed by atoms with Crippen LogP contribution in [0.3, 0.4) is 0 Å². The van der Waals surface area contributed by atoms with E-state index < -0.39 is 6.03 Å².